The van der Waals surface area contributed by atoms with E-state index in [1.807, 2.05) is 26.8 Å². The Hall–Kier alpha value is -1.67. The molecule has 110 valence electrons. The molecule has 7 nitrogen and oxygen atoms in total. The number of aryl methyl sites for hydroxylation is 1. The predicted molar refractivity (Wildman–Crippen MR) is 78.3 cm³/mol. The molecule has 2 N–H and O–H groups in total. The van der Waals surface area contributed by atoms with Gasteiger partial charge < -0.3 is 5.32 Å². The number of sulfonamides is 1. The summed E-state index contributed by atoms with van der Waals surface area (Å²) in [7, 11) is -3.25. The van der Waals surface area contributed by atoms with Crippen LogP contribution in [0.3, 0.4) is 0 Å². The summed E-state index contributed by atoms with van der Waals surface area (Å²) in [6, 6.07) is 1.92. The Labute approximate surface area is 118 Å². The van der Waals surface area contributed by atoms with Crippen LogP contribution in [0.2, 0.25) is 0 Å². The van der Waals surface area contributed by atoms with Gasteiger partial charge >= 0.3 is 0 Å². The monoisotopic (exact) mass is 297 g/mol. The minimum absolute atomic E-state index is 0.414. The Morgan fingerprint density at radius 3 is 2.75 bits per heavy atom. The molecule has 0 bridgehead atoms. The van der Waals surface area contributed by atoms with Gasteiger partial charge in [-0.05, 0) is 26.8 Å². The van der Waals surface area contributed by atoms with Gasteiger partial charge in [0.2, 0.25) is 10.0 Å². The lowest BCUT2D eigenvalue weighted by Crippen LogP contribution is -2.47. The van der Waals surface area contributed by atoms with Gasteiger partial charge in [-0.25, -0.2) is 22.6 Å². The number of nitrogens with zero attached hydrogens (tertiary/aromatic N) is 3. The summed E-state index contributed by atoms with van der Waals surface area (Å²) in [6.45, 7) is 5.94. The highest BCUT2D eigenvalue weighted by Crippen LogP contribution is 2.15. The number of rotatable bonds is 5. The average Bonchev–Trinajstić information content (AvgIpc) is 2.63. The molecular weight excluding hydrogens is 278 g/mol. The summed E-state index contributed by atoms with van der Waals surface area (Å²) in [4.78, 5) is 4.27. The topological polar surface area (TPSA) is 88.4 Å². The molecule has 0 aromatic carbocycles. The molecule has 2 rings (SSSR count). The van der Waals surface area contributed by atoms with Crippen LogP contribution in [0.4, 0.5) is 5.82 Å². The van der Waals surface area contributed by atoms with Gasteiger partial charge in [-0.3, -0.25) is 0 Å². The SMILES string of the molecule is Cc1cc2c(NCC(C)(C)NS(C)(=O)=O)nccn2n1. The lowest BCUT2D eigenvalue weighted by Gasteiger charge is -2.25. The second-order valence-corrected chi connectivity index (χ2v) is 7.25. The Kier molecular flexibility index (Phi) is 3.70. The maximum Gasteiger partial charge on any atom is 0.209 e. The van der Waals surface area contributed by atoms with E-state index < -0.39 is 15.6 Å². The van der Waals surface area contributed by atoms with Crippen LogP contribution >= 0.6 is 0 Å². The molecule has 0 fully saturated rings. The molecule has 0 amide bonds. The van der Waals surface area contributed by atoms with Gasteiger partial charge in [0.05, 0.1) is 11.9 Å². The molecule has 0 saturated heterocycles. The van der Waals surface area contributed by atoms with Crippen LogP contribution in [0.15, 0.2) is 18.5 Å². The fourth-order valence-corrected chi connectivity index (χ4v) is 3.10. The smallest absolute Gasteiger partial charge is 0.209 e. The van der Waals surface area contributed by atoms with E-state index in [2.05, 4.69) is 20.1 Å². The molecule has 0 aliphatic heterocycles. The molecule has 2 aromatic heterocycles. The van der Waals surface area contributed by atoms with Crippen molar-refractivity contribution in [3.8, 4) is 0 Å². The second-order valence-electron chi connectivity index (χ2n) is 5.50. The number of aromatic nitrogens is 3. The molecule has 0 radical (unpaired) electrons. The van der Waals surface area contributed by atoms with E-state index in [4.69, 9.17) is 0 Å². The fourth-order valence-electron chi connectivity index (χ4n) is 2.02. The molecule has 2 heterocycles. The molecule has 0 aliphatic carbocycles. The Bertz CT molecular complexity index is 721. The second kappa shape index (κ2) is 5.02. The zero-order valence-corrected chi connectivity index (χ0v) is 12.8. The van der Waals surface area contributed by atoms with Gasteiger partial charge in [-0.15, -0.1) is 0 Å². The highest BCUT2D eigenvalue weighted by atomic mass is 32.2. The van der Waals surface area contributed by atoms with E-state index in [1.165, 1.54) is 0 Å². The Morgan fingerprint density at radius 2 is 2.10 bits per heavy atom. The first-order valence-corrected chi connectivity index (χ1v) is 8.09. The van der Waals surface area contributed by atoms with Crippen LogP contribution < -0.4 is 10.0 Å². The van der Waals surface area contributed by atoms with Gasteiger partial charge in [0, 0.05) is 24.5 Å². The summed E-state index contributed by atoms with van der Waals surface area (Å²) in [6.07, 6.45) is 4.57. The molecule has 0 atom stereocenters. The summed E-state index contributed by atoms with van der Waals surface area (Å²) in [5.41, 5.74) is 1.15. The van der Waals surface area contributed by atoms with Gasteiger partial charge in [-0.2, -0.15) is 5.10 Å². The molecule has 0 unspecified atom stereocenters. The van der Waals surface area contributed by atoms with Crippen molar-refractivity contribution < 1.29 is 8.42 Å². The lowest BCUT2D eigenvalue weighted by molar-refractivity contribution is 0.476. The van der Waals surface area contributed by atoms with Gasteiger partial charge in [-0.1, -0.05) is 0 Å². The van der Waals surface area contributed by atoms with Crippen LogP contribution in [-0.4, -0.2) is 41.4 Å². The fraction of sp³-hybridized carbons (Fsp3) is 0.500. The first-order valence-electron chi connectivity index (χ1n) is 6.20. The first-order chi connectivity index (χ1) is 9.16. The van der Waals surface area contributed by atoms with E-state index in [9.17, 15) is 8.42 Å². The molecule has 20 heavy (non-hydrogen) atoms. The van der Waals surface area contributed by atoms with Crippen LogP contribution in [0, 0.1) is 6.92 Å². The summed E-state index contributed by atoms with van der Waals surface area (Å²) in [5.74, 6) is 0.677. The van der Waals surface area contributed by atoms with Crippen molar-refractivity contribution in [3.63, 3.8) is 0 Å². The summed E-state index contributed by atoms with van der Waals surface area (Å²) in [5, 5.41) is 7.47. The van der Waals surface area contributed by atoms with Crippen molar-refractivity contribution in [1.82, 2.24) is 19.3 Å². The van der Waals surface area contributed by atoms with E-state index in [0.717, 1.165) is 17.5 Å². The number of fused-ring (bicyclic) bond motifs is 1. The number of hydrogen-bond acceptors (Lipinski definition) is 5. The maximum absolute atomic E-state index is 11.3. The molecular formula is C12H19N5O2S. The van der Waals surface area contributed by atoms with Crippen LogP contribution in [0.1, 0.15) is 19.5 Å². The lowest BCUT2D eigenvalue weighted by atomic mass is 10.1. The van der Waals surface area contributed by atoms with Crippen molar-refractivity contribution in [2.24, 2.45) is 0 Å². The number of hydrogen-bond donors (Lipinski definition) is 2. The average molecular weight is 297 g/mol. The van der Waals surface area contributed by atoms with Crippen molar-refractivity contribution in [2.45, 2.75) is 26.3 Å². The van der Waals surface area contributed by atoms with Gasteiger partial charge in [0.15, 0.2) is 5.82 Å². The predicted octanol–water partition coefficient (Wildman–Crippen LogP) is 0.777. The molecule has 0 saturated carbocycles. The van der Waals surface area contributed by atoms with Crippen molar-refractivity contribution >= 4 is 21.4 Å². The molecule has 0 aliphatic rings. The van der Waals surface area contributed by atoms with E-state index in [1.54, 1.807) is 16.9 Å². The largest absolute Gasteiger partial charge is 0.366 e. The van der Waals surface area contributed by atoms with E-state index >= 15 is 0 Å². The van der Waals surface area contributed by atoms with Crippen molar-refractivity contribution in [1.29, 1.82) is 0 Å². The molecule has 0 spiro atoms. The number of anilines is 1. The van der Waals surface area contributed by atoms with Gasteiger partial charge in [0.1, 0.15) is 5.52 Å². The third-order valence-electron chi connectivity index (χ3n) is 2.67. The molecule has 8 heteroatoms. The molecule has 2 aromatic rings. The van der Waals surface area contributed by atoms with Crippen LogP contribution in [0.5, 0.6) is 0 Å². The number of nitrogens with one attached hydrogen (secondary N) is 2. The quantitative estimate of drug-likeness (QED) is 0.851. The normalized spacial score (nSPS) is 12.8. The van der Waals surface area contributed by atoms with Crippen LogP contribution in [-0.2, 0) is 10.0 Å². The third kappa shape index (κ3) is 3.67. The van der Waals surface area contributed by atoms with Crippen molar-refractivity contribution in [3.05, 3.63) is 24.2 Å². The van der Waals surface area contributed by atoms with E-state index in [0.29, 0.717) is 12.4 Å². The van der Waals surface area contributed by atoms with Gasteiger partial charge in [0.25, 0.3) is 0 Å². The standard InChI is InChI=1S/C12H19N5O2S/c1-9-7-10-11(13-5-6-17(10)15-9)14-8-12(2,3)16-20(4,18)19/h5-7,16H,8H2,1-4H3,(H,13,14). The summed E-state index contributed by atoms with van der Waals surface area (Å²) >= 11 is 0. The van der Waals surface area contributed by atoms with E-state index in [-0.39, 0.29) is 0 Å². The summed E-state index contributed by atoms with van der Waals surface area (Å²) < 4.78 is 26.9. The maximum atomic E-state index is 11.3. The minimum Gasteiger partial charge on any atom is -0.366 e. The minimum atomic E-state index is -3.25. The highest BCUT2D eigenvalue weighted by molar-refractivity contribution is 7.88. The highest BCUT2D eigenvalue weighted by Gasteiger charge is 2.22. The zero-order valence-electron chi connectivity index (χ0n) is 12.0. The Balaban J connectivity index is 2.17. The van der Waals surface area contributed by atoms with Crippen molar-refractivity contribution in [2.75, 3.05) is 18.1 Å². The third-order valence-corrected chi connectivity index (χ3v) is 3.59. The first kappa shape index (κ1) is 14.7. The Morgan fingerprint density at radius 1 is 1.40 bits per heavy atom. The van der Waals surface area contributed by atoms with Crippen LogP contribution in [0.25, 0.3) is 5.52 Å². The zero-order chi connectivity index (χ0) is 15.0.